The molecule has 2 aromatic rings. The van der Waals surface area contributed by atoms with E-state index in [1.165, 1.54) is 24.5 Å². The number of benzene rings is 1. The van der Waals surface area contributed by atoms with E-state index in [2.05, 4.69) is 25.9 Å². The predicted octanol–water partition coefficient (Wildman–Crippen LogP) is 3.68. The minimum atomic E-state index is -0.534. The summed E-state index contributed by atoms with van der Waals surface area (Å²) < 4.78 is 5.89. The molecule has 0 spiro atoms. The Morgan fingerprint density at radius 3 is 2.63 bits per heavy atom. The van der Waals surface area contributed by atoms with Gasteiger partial charge in [0.05, 0.1) is 10.8 Å². The number of halogens is 2. The Morgan fingerprint density at radius 1 is 1.37 bits per heavy atom. The number of nitro groups is 1. The molecule has 0 amide bonds. The number of ether oxygens (including phenoxy) is 1. The molecule has 6 nitrogen and oxygen atoms in total. The number of alkyl halides is 1. The summed E-state index contributed by atoms with van der Waals surface area (Å²) in [5.74, 6) is 0.366. The van der Waals surface area contributed by atoms with Gasteiger partial charge in [0, 0.05) is 28.5 Å². The molecule has 0 N–H and O–H groups in total. The van der Waals surface area contributed by atoms with Gasteiger partial charge in [-0.25, -0.2) is 9.97 Å². The summed E-state index contributed by atoms with van der Waals surface area (Å²) in [5, 5.41) is 10.9. The van der Waals surface area contributed by atoms with Gasteiger partial charge in [-0.3, -0.25) is 10.1 Å². The summed E-state index contributed by atoms with van der Waals surface area (Å²) in [6.45, 7) is 0. The van der Waals surface area contributed by atoms with E-state index >= 15 is 0 Å². The Morgan fingerprint density at radius 2 is 2.05 bits per heavy atom. The quantitative estimate of drug-likeness (QED) is 0.480. The van der Waals surface area contributed by atoms with Crippen LogP contribution in [-0.4, -0.2) is 14.9 Å². The fourth-order valence-corrected chi connectivity index (χ4v) is 1.77. The fraction of sp³-hybridized carbons (Fsp3) is 0.0909. The first-order valence-corrected chi connectivity index (χ1v) is 6.41. The van der Waals surface area contributed by atoms with Crippen LogP contribution in [0.4, 0.5) is 5.69 Å². The summed E-state index contributed by atoms with van der Waals surface area (Å²) in [7, 11) is 0. The monoisotopic (exact) mass is 343 g/mol. The molecule has 0 unspecified atom stereocenters. The van der Waals surface area contributed by atoms with Gasteiger partial charge in [0.15, 0.2) is 0 Å². The summed E-state index contributed by atoms with van der Waals surface area (Å²) >= 11 is 8.77. The highest BCUT2D eigenvalue weighted by molar-refractivity contribution is 9.10. The molecule has 1 aromatic carbocycles. The van der Waals surface area contributed by atoms with Crippen molar-refractivity contribution in [2.75, 3.05) is 0 Å². The molecule has 1 aromatic heterocycles. The molecule has 0 atom stereocenters. The van der Waals surface area contributed by atoms with Gasteiger partial charge in [-0.05, 0) is 12.1 Å². The van der Waals surface area contributed by atoms with Crippen molar-refractivity contribution in [3.05, 3.63) is 50.7 Å². The molecule has 0 saturated carbocycles. The molecule has 0 aliphatic carbocycles. The van der Waals surface area contributed by atoms with E-state index in [1.807, 2.05) is 0 Å². The van der Waals surface area contributed by atoms with Crippen LogP contribution in [0.5, 0.6) is 11.8 Å². The lowest BCUT2D eigenvalue weighted by atomic mass is 10.3. The number of hydrogen-bond acceptors (Lipinski definition) is 5. The Kier molecular flexibility index (Phi) is 4.28. The zero-order valence-electron chi connectivity index (χ0n) is 9.42. The number of nitrogens with zero attached hydrogens (tertiary/aromatic N) is 3. The predicted molar refractivity (Wildman–Crippen MR) is 72.5 cm³/mol. The second-order valence-corrected chi connectivity index (χ2v) is 4.66. The van der Waals surface area contributed by atoms with Gasteiger partial charge in [0.1, 0.15) is 0 Å². The van der Waals surface area contributed by atoms with Gasteiger partial charge in [0.25, 0.3) is 0 Å². The lowest BCUT2D eigenvalue weighted by molar-refractivity contribution is -0.385. The summed E-state index contributed by atoms with van der Waals surface area (Å²) in [5.41, 5.74) is 0.568. The lowest BCUT2D eigenvalue weighted by Gasteiger charge is -2.05. The second kappa shape index (κ2) is 5.94. The van der Waals surface area contributed by atoms with Crippen molar-refractivity contribution in [3.63, 3.8) is 0 Å². The third-order valence-electron chi connectivity index (χ3n) is 2.15. The largest absolute Gasteiger partial charge is 0.417 e. The van der Waals surface area contributed by atoms with Crippen LogP contribution in [0, 0.1) is 10.1 Å². The van der Waals surface area contributed by atoms with Crippen molar-refractivity contribution in [2.45, 2.75) is 5.88 Å². The zero-order valence-corrected chi connectivity index (χ0v) is 11.8. The van der Waals surface area contributed by atoms with Gasteiger partial charge in [-0.2, -0.15) is 0 Å². The molecular formula is C11H7BrClN3O3. The average Bonchev–Trinajstić information content (AvgIpc) is 2.41. The highest BCUT2D eigenvalue weighted by Gasteiger charge is 2.17. The molecule has 0 aliphatic rings. The SMILES string of the molecule is O=[N+]([O-])c1cc(Br)ccc1Oc1ncc(CCl)cn1. The minimum absolute atomic E-state index is 0.0271. The Labute approximate surface area is 121 Å². The standard InChI is InChI=1S/C11H7BrClN3O3/c12-8-1-2-10(9(3-8)16(17)18)19-11-14-5-7(4-13)6-15-11/h1-3,5-6H,4H2. The molecule has 2 rings (SSSR count). The number of aromatic nitrogens is 2. The Hall–Kier alpha value is -1.73. The molecule has 8 heteroatoms. The van der Waals surface area contributed by atoms with E-state index in [-0.39, 0.29) is 17.4 Å². The average molecular weight is 345 g/mol. The zero-order chi connectivity index (χ0) is 13.8. The topological polar surface area (TPSA) is 78.2 Å². The van der Waals surface area contributed by atoms with E-state index in [1.54, 1.807) is 6.07 Å². The van der Waals surface area contributed by atoms with Crippen molar-refractivity contribution in [3.8, 4) is 11.8 Å². The van der Waals surface area contributed by atoms with Gasteiger partial charge < -0.3 is 4.74 Å². The molecule has 19 heavy (non-hydrogen) atoms. The molecule has 0 fully saturated rings. The van der Waals surface area contributed by atoms with Gasteiger partial charge >= 0.3 is 11.7 Å². The van der Waals surface area contributed by atoms with E-state index in [9.17, 15) is 10.1 Å². The molecule has 0 saturated heterocycles. The van der Waals surface area contributed by atoms with E-state index in [0.717, 1.165) is 5.56 Å². The first-order chi connectivity index (χ1) is 9.10. The molecule has 1 heterocycles. The molecular weight excluding hydrogens is 337 g/mol. The highest BCUT2D eigenvalue weighted by Crippen LogP contribution is 2.32. The van der Waals surface area contributed by atoms with Gasteiger partial charge in [-0.1, -0.05) is 15.9 Å². The van der Waals surface area contributed by atoms with Crippen molar-refractivity contribution in [1.29, 1.82) is 0 Å². The van der Waals surface area contributed by atoms with Gasteiger partial charge in [0.2, 0.25) is 5.75 Å². The van der Waals surface area contributed by atoms with Crippen LogP contribution in [0.1, 0.15) is 5.56 Å². The van der Waals surface area contributed by atoms with Crippen LogP contribution < -0.4 is 4.74 Å². The molecule has 0 bridgehead atoms. The fourth-order valence-electron chi connectivity index (χ4n) is 1.28. The maximum atomic E-state index is 10.9. The van der Waals surface area contributed by atoms with Crippen LogP contribution in [0.3, 0.4) is 0 Å². The van der Waals surface area contributed by atoms with Crippen LogP contribution in [0.15, 0.2) is 35.1 Å². The lowest BCUT2D eigenvalue weighted by Crippen LogP contribution is -1.97. The Balaban J connectivity index is 2.29. The number of nitro benzene ring substituents is 1. The molecule has 98 valence electrons. The minimum Gasteiger partial charge on any atom is -0.417 e. The summed E-state index contributed by atoms with van der Waals surface area (Å²) in [4.78, 5) is 18.2. The first-order valence-electron chi connectivity index (χ1n) is 5.09. The maximum absolute atomic E-state index is 10.9. The van der Waals surface area contributed by atoms with Crippen molar-refractivity contribution >= 4 is 33.2 Å². The van der Waals surface area contributed by atoms with E-state index in [4.69, 9.17) is 16.3 Å². The normalized spacial score (nSPS) is 10.2. The van der Waals surface area contributed by atoms with E-state index in [0.29, 0.717) is 10.4 Å². The van der Waals surface area contributed by atoms with Crippen molar-refractivity contribution in [1.82, 2.24) is 9.97 Å². The van der Waals surface area contributed by atoms with E-state index < -0.39 is 4.92 Å². The third-order valence-corrected chi connectivity index (χ3v) is 2.96. The maximum Gasteiger partial charge on any atom is 0.322 e. The summed E-state index contributed by atoms with van der Waals surface area (Å²) in [6.07, 6.45) is 3.00. The second-order valence-electron chi connectivity index (χ2n) is 3.48. The highest BCUT2D eigenvalue weighted by atomic mass is 79.9. The van der Waals surface area contributed by atoms with Crippen molar-refractivity contribution < 1.29 is 9.66 Å². The number of hydrogen-bond donors (Lipinski definition) is 0. The smallest absolute Gasteiger partial charge is 0.322 e. The van der Waals surface area contributed by atoms with Gasteiger partial charge in [-0.15, -0.1) is 11.6 Å². The molecule has 0 aliphatic heterocycles. The Bertz CT molecular complexity index is 607. The first kappa shape index (κ1) is 13.7. The van der Waals surface area contributed by atoms with Crippen LogP contribution in [0.2, 0.25) is 0 Å². The van der Waals surface area contributed by atoms with Crippen LogP contribution >= 0.6 is 27.5 Å². The number of rotatable bonds is 4. The molecule has 0 radical (unpaired) electrons. The van der Waals surface area contributed by atoms with Crippen LogP contribution in [0.25, 0.3) is 0 Å². The van der Waals surface area contributed by atoms with Crippen LogP contribution in [-0.2, 0) is 5.88 Å². The van der Waals surface area contributed by atoms with Crippen molar-refractivity contribution in [2.24, 2.45) is 0 Å². The summed E-state index contributed by atoms with van der Waals surface area (Å²) in [6, 6.07) is 4.48. The third kappa shape index (κ3) is 3.39.